The molecule has 1 aromatic heterocycles. The van der Waals surface area contributed by atoms with E-state index in [1.165, 1.54) is 14.2 Å². The molecule has 2 rings (SSSR count). The first kappa shape index (κ1) is 14.6. The highest BCUT2D eigenvalue weighted by molar-refractivity contribution is 5.70. The number of aromatic nitrogens is 2. The Morgan fingerprint density at radius 2 is 2.05 bits per heavy atom. The third-order valence-electron chi connectivity index (χ3n) is 2.79. The highest BCUT2D eigenvalue weighted by atomic mass is 16.5. The van der Waals surface area contributed by atoms with Crippen LogP contribution in [0.4, 0.5) is 0 Å². The van der Waals surface area contributed by atoms with Gasteiger partial charge in [-0.15, -0.1) is 0 Å². The number of hydrogen-bond acceptors (Lipinski definition) is 5. The maximum absolute atomic E-state index is 11.6. The number of carbonyl (C=O) groups is 1. The van der Waals surface area contributed by atoms with E-state index in [9.17, 15) is 9.59 Å². The average molecular weight is 290 g/mol. The highest BCUT2D eigenvalue weighted by Gasteiger charge is 2.12. The van der Waals surface area contributed by atoms with Crippen LogP contribution in [0.1, 0.15) is 5.69 Å². The first-order valence-electron chi connectivity index (χ1n) is 6.08. The minimum atomic E-state index is -1.05. The number of methoxy groups -OCH3 is 2. The number of aliphatic carboxylic acids is 1. The molecule has 0 unspecified atom stereocenters. The van der Waals surface area contributed by atoms with E-state index in [1.807, 2.05) is 0 Å². The van der Waals surface area contributed by atoms with Crippen LogP contribution in [0.5, 0.6) is 11.5 Å². The lowest BCUT2D eigenvalue weighted by atomic mass is 10.1. The first-order chi connectivity index (χ1) is 10.0. The number of ether oxygens (including phenoxy) is 2. The van der Waals surface area contributed by atoms with Gasteiger partial charge in [-0.2, -0.15) is 0 Å². The number of nitrogens with zero attached hydrogens (tertiary/aromatic N) is 1. The highest BCUT2D eigenvalue weighted by Crippen LogP contribution is 2.30. The van der Waals surface area contributed by atoms with Gasteiger partial charge in [0.2, 0.25) is 0 Å². The molecule has 0 spiro atoms. The van der Waals surface area contributed by atoms with Crippen LogP contribution in [0, 0.1) is 0 Å². The molecule has 0 saturated carbocycles. The van der Waals surface area contributed by atoms with Crippen LogP contribution in [0.2, 0.25) is 0 Å². The van der Waals surface area contributed by atoms with Gasteiger partial charge in [0.1, 0.15) is 17.3 Å². The van der Waals surface area contributed by atoms with E-state index in [4.69, 9.17) is 14.6 Å². The van der Waals surface area contributed by atoms with Crippen LogP contribution in [-0.4, -0.2) is 35.3 Å². The second-order valence-electron chi connectivity index (χ2n) is 4.22. The quantitative estimate of drug-likeness (QED) is 0.854. The summed E-state index contributed by atoms with van der Waals surface area (Å²) in [4.78, 5) is 29.1. The number of carboxylic acids is 1. The molecular weight excluding hydrogens is 276 g/mol. The third-order valence-corrected chi connectivity index (χ3v) is 2.79. The lowest BCUT2D eigenvalue weighted by Crippen LogP contribution is -2.13. The van der Waals surface area contributed by atoms with E-state index >= 15 is 0 Å². The van der Waals surface area contributed by atoms with Crippen molar-refractivity contribution in [2.75, 3.05) is 14.2 Å². The number of carboxylic acid groups (broad SMARTS) is 1. The number of rotatable bonds is 5. The number of aromatic amines is 1. The normalized spacial score (nSPS) is 10.2. The SMILES string of the molecule is COc1ccc(-c2nc(CC(=O)O)cc(=O)[nH]2)c(OC)c1. The van der Waals surface area contributed by atoms with Gasteiger partial charge in [0.25, 0.3) is 5.56 Å². The molecule has 0 fully saturated rings. The molecule has 7 nitrogen and oxygen atoms in total. The molecule has 0 amide bonds. The molecule has 2 N–H and O–H groups in total. The van der Waals surface area contributed by atoms with Crippen LogP contribution in [0.15, 0.2) is 29.1 Å². The molecule has 0 atom stereocenters. The molecule has 21 heavy (non-hydrogen) atoms. The van der Waals surface area contributed by atoms with Crippen molar-refractivity contribution < 1.29 is 19.4 Å². The summed E-state index contributed by atoms with van der Waals surface area (Å²) in [6, 6.07) is 6.19. The predicted octanol–water partition coefficient (Wildman–Crippen LogP) is 1.08. The van der Waals surface area contributed by atoms with E-state index in [2.05, 4.69) is 9.97 Å². The predicted molar refractivity (Wildman–Crippen MR) is 74.7 cm³/mol. The van der Waals surface area contributed by atoms with Crippen molar-refractivity contribution in [1.29, 1.82) is 0 Å². The summed E-state index contributed by atoms with van der Waals surface area (Å²) < 4.78 is 10.3. The van der Waals surface area contributed by atoms with Gasteiger partial charge in [-0.1, -0.05) is 0 Å². The van der Waals surface area contributed by atoms with Crippen LogP contribution in [0.25, 0.3) is 11.4 Å². The van der Waals surface area contributed by atoms with Crippen LogP contribution >= 0.6 is 0 Å². The molecule has 110 valence electrons. The number of H-pyrrole nitrogens is 1. The monoisotopic (exact) mass is 290 g/mol. The fourth-order valence-electron chi connectivity index (χ4n) is 1.88. The number of nitrogens with one attached hydrogen (secondary N) is 1. The Hall–Kier alpha value is -2.83. The Bertz CT molecular complexity index is 724. The van der Waals surface area contributed by atoms with E-state index in [0.29, 0.717) is 17.1 Å². The largest absolute Gasteiger partial charge is 0.497 e. The Balaban J connectivity index is 2.53. The van der Waals surface area contributed by atoms with Crippen LogP contribution in [-0.2, 0) is 11.2 Å². The smallest absolute Gasteiger partial charge is 0.309 e. The van der Waals surface area contributed by atoms with Gasteiger partial charge in [0.05, 0.1) is 31.9 Å². The van der Waals surface area contributed by atoms with E-state index < -0.39 is 11.5 Å². The maximum Gasteiger partial charge on any atom is 0.309 e. The second kappa shape index (κ2) is 6.08. The Kier molecular flexibility index (Phi) is 4.22. The Morgan fingerprint density at radius 3 is 2.67 bits per heavy atom. The van der Waals surface area contributed by atoms with E-state index in [-0.39, 0.29) is 17.9 Å². The summed E-state index contributed by atoms with van der Waals surface area (Å²) in [6.45, 7) is 0. The van der Waals surface area contributed by atoms with Crippen LogP contribution in [0.3, 0.4) is 0 Å². The third kappa shape index (κ3) is 3.38. The van der Waals surface area contributed by atoms with Gasteiger partial charge in [-0.3, -0.25) is 9.59 Å². The average Bonchev–Trinajstić information content (AvgIpc) is 2.45. The van der Waals surface area contributed by atoms with Crippen molar-refractivity contribution in [3.8, 4) is 22.9 Å². The van der Waals surface area contributed by atoms with Crippen LogP contribution < -0.4 is 15.0 Å². The van der Waals surface area contributed by atoms with Crippen molar-refractivity contribution in [1.82, 2.24) is 9.97 Å². The van der Waals surface area contributed by atoms with Crippen molar-refractivity contribution >= 4 is 5.97 Å². The fraction of sp³-hybridized carbons (Fsp3) is 0.214. The minimum absolute atomic E-state index is 0.180. The Morgan fingerprint density at radius 1 is 1.29 bits per heavy atom. The van der Waals surface area contributed by atoms with E-state index in [1.54, 1.807) is 18.2 Å². The summed E-state index contributed by atoms with van der Waals surface area (Å²) in [7, 11) is 3.01. The molecule has 0 aliphatic rings. The number of benzene rings is 1. The molecule has 0 bridgehead atoms. The lowest BCUT2D eigenvalue weighted by molar-refractivity contribution is -0.136. The van der Waals surface area contributed by atoms with Gasteiger partial charge in [-0.25, -0.2) is 4.98 Å². The second-order valence-corrected chi connectivity index (χ2v) is 4.22. The lowest BCUT2D eigenvalue weighted by Gasteiger charge is -2.10. The van der Waals surface area contributed by atoms with Gasteiger partial charge in [-0.05, 0) is 12.1 Å². The summed E-state index contributed by atoms with van der Waals surface area (Å²) >= 11 is 0. The topological polar surface area (TPSA) is 102 Å². The molecule has 1 heterocycles. The molecule has 0 aliphatic heterocycles. The van der Waals surface area contributed by atoms with E-state index in [0.717, 1.165) is 6.07 Å². The van der Waals surface area contributed by atoms with Crippen molar-refractivity contribution in [2.24, 2.45) is 0 Å². The molecule has 7 heteroatoms. The zero-order valence-corrected chi connectivity index (χ0v) is 11.5. The maximum atomic E-state index is 11.6. The molecule has 0 radical (unpaired) electrons. The Labute approximate surface area is 120 Å². The van der Waals surface area contributed by atoms with Crippen molar-refractivity contribution in [3.63, 3.8) is 0 Å². The minimum Gasteiger partial charge on any atom is -0.497 e. The van der Waals surface area contributed by atoms with Crippen molar-refractivity contribution in [2.45, 2.75) is 6.42 Å². The molecule has 2 aromatic rings. The van der Waals surface area contributed by atoms with Gasteiger partial charge in [0, 0.05) is 12.1 Å². The first-order valence-corrected chi connectivity index (χ1v) is 6.08. The molecule has 0 saturated heterocycles. The molecular formula is C14H14N2O5. The van der Waals surface area contributed by atoms with Gasteiger partial charge < -0.3 is 19.6 Å². The van der Waals surface area contributed by atoms with Crippen molar-refractivity contribution in [3.05, 3.63) is 40.3 Å². The summed E-state index contributed by atoms with van der Waals surface area (Å²) in [5.74, 6) is 0.253. The standard InChI is InChI=1S/C14H14N2O5/c1-20-9-3-4-10(11(7-9)21-2)14-15-8(6-13(18)19)5-12(17)16-14/h3-5,7H,6H2,1-2H3,(H,18,19)(H,15,16,17). The van der Waals surface area contributed by atoms with Gasteiger partial charge in [0.15, 0.2) is 0 Å². The summed E-state index contributed by atoms with van der Waals surface area (Å²) in [5, 5.41) is 8.79. The molecule has 1 aromatic carbocycles. The van der Waals surface area contributed by atoms with Gasteiger partial charge >= 0.3 is 5.97 Å². The fourth-order valence-corrected chi connectivity index (χ4v) is 1.88. The zero-order chi connectivity index (χ0) is 15.4. The summed E-state index contributed by atoms with van der Waals surface area (Å²) in [5.41, 5.74) is 0.302. The summed E-state index contributed by atoms with van der Waals surface area (Å²) in [6.07, 6.45) is -0.324. The number of hydrogen-bond donors (Lipinski definition) is 2. The molecule has 0 aliphatic carbocycles. The zero-order valence-electron chi connectivity index (χ0n) is 11.5.